The molecule has 1 aromatic heterocycles. The lowest BCUT2D eigenvalue weighted by molar-refractivity contribution is -0.390. The zero-order chi connectivity index (χ0) is 13.8. The number of rotatable bonds is 4. The Morgan fingerprint density at radius 1 is 1.21 bits per heavy atom. The molecule has 1 aromatic carbocycles. The number of aromatic nitrogens is 1. The molecule has 0 atom stereocenters. The van der Waals surface area contributed by atoms with Crippen LogP contribution < -0.4 is 4.74 Å². The van der Waals surface area contributed by atoms with Gasteiger partial charge in [0.15, 0.2) is 0 Å². The van der Waals surface area contributed by atoms with E-state index in [-0.39, 0.29) is 11.6 Å². The number of hydrogen-bond acceptors (Lipinski definition) is 4. The molecule has 0 N–H and O–H groups in total. The third-order valence-electron chi connectivity index (χ3n) is 2.94. The largest absolute Gasteiger partial charge is 0.481 e. The second kappa shape index (κ2) is 5.48. The lowest BCUT2D eigenvalue weighted by Gasteiger charge is -2.11. The highest BCUT2D eigenvalue weighted by atomic mass is 16.6. The number of hydrogen-bond donors (Lipinski definition) is 0. The first-order valence-electron chi connectivity index (χ1n) is 5.87. The fraction of sp³-hybridized carbons (Fsp3) is 0.214. The number of nitro groups is 1. The molecule has 98 valence electrons. The van der Waals surface area contributed by atoms with Crippen molar-refractivity contribution in [2.45, 2.75) is 20.5 Å². The van der Waals surface area contributed by atoms with Crippen LogP contribution in [0.1, 0.15) is 16.7 Å². The Bertz CT molecular complexity index is 591. The summed E-state index contributed by atoms with van der Waals surface area (Å²) < 4.78 is 5.54. The van der Waals surface area contributed by atoms with E-state index in [4.69, 9.17) is 4.74 Å². The Balaban J connectivity index is 2.22. The summed E-state index contributed by atoms with van der Waals surface area (Å²) in [5.41, 5.74) is 3.25. The summed E-state index contributed by atoms with van der Waals surface area (Å²) in [6.07, 6.45) is 1.38. The second-order valence-electron chi connectivity index (χ2n) is 4.24. The first-order chi connectivity index (χ1) is 9.09. The van der Waals surface area contributed by atoms with Gasteiger partial charge >= 0.3 is 5.82 Å². The summed E-state index contributed by atoms with van der Waals surface area (Å²) in [5.74, 6) is -0.0658. The molecule has 0 bridgehead atoms. The van der Waals surface area contributed by atoms with Gasteiger partial charge in [0.1, 0.15) is 12.8 Å². The van der Waals surface area contributed by atoms with Crippen LogP contribution in [0.3, 0.4) is 0 Å². The van der Waals surface area contributed by atoms with Crippen molar-refractivity contribution >= 4 is 5.82 Å². The molecule has 0 saturated carbocycles. The summed E-state index contributed by atoms with van der Waals surface area (Å²) in [4.78, 5) is 14.0. The maximum atomic E-state index is 10.8. The molecule has 0 saturated heterocycles. The Kier molecular flexibility index (Phi) is 3.75. The van der Waals surface area contributed by atoms with E-state index in [0.29, 0.717) is 6.61 Å². The normalized spacial score (nSPS) is 10.2. The van der Waals surface area contributed by atoms with Gasteiger partial charge in [-0.15, -0.1) is 0 Å². The molecule has 0 aliphatic carbocycles. The predicted octanol–water partition coefficient (Wildman–Crippen LogP) is 3.19. The molecular weight excluding hydrogens is 244 g/mol. The van der Waals surface area contributed by atoms with Crippen LogP contribution in [0.25, 0.3) is 0 Å². The van der Waals surface area contributed by atoms with Crippen molar-refractivity contribution in [2.24, 2.45) is 0 Å². The fourth-order valence-corrected chi connectivity index (χ4v) is 1.86. The minimum absolute atomic E-state index is 0.190. The molecule has 5 nitrogen and oxygen atoms in total. The van der Waals surface area contributed by atoms with E-state index < -0.39 is 4.92 Å². The predicted molar refractivity (Wildman–Crippen MR) is 71.1 cm³/mol. The molecule has 2 aromatic rings. The number of nitrogens with zero attached hydrogens (tertiary/aromatic N) is 2. The van der Waals surface area contributed by atoms with Crippen molar-refractivity contribution in [3.05, 3.63) is 63.3 Å². The van der Waals surface area contributed by atoms with E-state index in [9.17, 15) is 10.1 Å². The highest BCUT2D eigenvalue weighted by Crippen LogP contribution is 2.25. The van der Waals surface area contributed by atoms with E-state index in [1.54, 1.807) is 12.1 Å². The smallest absolute Gasteiger partial charge is 0.406 e. The van der Waals surface area contributed by atoms with Crippen LogP contribution in [0, 0.1) is 24.0 Å². The lowest BCUT2D eigenvalue weighted by Crippen LogP contribution is -2.03. The molecule has 0 aliphatic heterocycles. The minimum Gasteiger partial charge on any atom is -0.481 e. The molecule has 0 amide bonds. The first kappa shape index (κ1) is 13.0. The van der Waals surface area contributed by atoms with Gasteiger partial charge in [0.25, 0.3) is 0 Å². The highest BCUT2D eigenvalue weighted by molar-refractivity contribution is 5.39. The Labute approximate surface area is 111 Å². The van der Waals surface area contributed by atoms with Gasteiger partial charge in [0.05, 0.1) is 0 Å². The summed E-state index contributed by atoms with van der Waals surface area (Å²) >= 11 is 0. The van der Waals surface area contributed by atoms with Crippen LogP contribution in [0.15, 0.2) is 36.5 Å². The Morgan fingerprint density at radius 2 is 1.89 bits per heavy atom. The van der Waals surface area contributed by atoms with E-state index in [0.717, 1.165) is 16.7 Å². The van der Waals surface area contributed by atoms with Gasteiger partial charge in [-0.05, 0) is 52.6 Å². The van der Waals surface area contributed by atoms with Crippen molar-refractivity contribution in [3.8, 4) is 5.75 Å². The average Bonchev–Trinajstić information content (AvgIpc) is 2.38. The minimum atomic E-state index is -0.542. The van der Waals surface area contributed by atoms with Crippen molar-refractivity contribution < 1.29 is 9.66 Å². The third kappa shape index (κ3) is 2.88. The van der Waals surface area contributed by atoms with Crippen molar-refractivity contribution in [2.75, 3.05) is 0 Å². The van der Waals surface area contributed by atoms with Crippen LogP contribution in [-0.4, -0.2) is 9.91 Å². The Hall–Kier alpha value is -2.43. The van der Waals surface area contributed by atoms with Crippen LogP contribution in [0.2, 0.25) is 0 Å². The van der Waals surface area contributed by atoms with Crippen LogP contribution in [-0.2, 0) is 6.61 Å². The van der Waals surface area contributed by atoms with E-state index >= 15 is 0 Å². The van der Waals surface area contributed by atoms with Gasteiger partial charge in [0.2, 0.25) is 5.75 Å². The second-order valence-corrected chi connectivity index (χ2v) is 4.24. The SMILES string of the molecule is Cc1cccc(C)c1COc1cccnc1[N+](=O)[O-]. The van der Waals surface area contributed by atoms with Crippen molar-refractivity contribution in [1.29, 1.82) is 0 Å². The number of ether oxygens (including phenoxy) is 1. The summed E-state index contributed by atoms with van der Waals surface area (Å²) in [6.45, 7) is 4.28. The van der Waals surface area contributed by atoms with E-state index in [2.05, 4.69) is 4.98 Å². The average molecular weight is 258 g/mol. The summed E-state index contributed by atoms with van der Waals surface area (Å²) in [6, 6.07) is 9.12. The van der Waals surface area contributed by atoms with Crippen LogP contribution in [0.4, 0.5) is 5.82 Å². The molecule has 0 radical (unpaired) electrons. The van der Waals surface area contributed by atoms with E-state index in [1.165, 1.54) is 6.20 Å². The van der Waals surface area contributed by atoms with Gasteiger partial charge in [-0.2, -0.15) is 0 Å². The summed E-state index contributed by atoms with van der Waals surface area (Å²) in [5, 5.41) is 10.8. The quantitative estimate of drug-likeness (QED) is 0.624. The zero-order valence-corrected chi connectivity index (χ0v) is 10.8. The monoisotopic (exact) mass is 258 g/mol. The molecule has 2 rings (SSSR count). The summed E-state index contributed by atoms with van der Waals surface area (Å²) in [7, 11) is 0. The molecular formula is C14H14N2O3. The number of benzene rings is 1. The molecule has 5 heteroatoms. The number of aryl methyl sites for hydroxylation is 2. The maximum Gasteiger partial charge on any atom is 0.406 e. The first-order valence-corrected chi connectivity index (χ1v) is 5.87. The third-order valence-corrected chi connectivity index (χ3v) is 2.94. The molecule has 0 unspecified atom stereocenters. The molecule has 0 spiro atoms. The van der Waals surface area contributed by atoms with Gasteiger partial charge in [-0.3, -0.25) is 0 Å². The highest BCUT2D eigenvalue weighted by Gasteiger charge is 2.16. The van der Waals surface area contributed by atoms with Gasteiger partial charge in [-0.1, -0.05) is 18.2 Å². The van der Waals surface area contributed by atoms with Crippen molar-refractivity contribution in [1.82, 2.24) is 4.98 Å². The van der Waals surface area contributed by atoms with Crippen LogP contribution in [0.5, 0.6) is 5.75 Å². The van der Waals surface area contributed by atoms with Gasteiger partial charge in [0, 0.05) is 0 Å². The molecule has 19 heavy (non-hydrogen) atoms. The number of pyridine rings is 1. The lowest BCUT2D eigenvalue weighted by atomic mass is 10.0. The molecule has 0 aliphatic rings. The van der Waals surface area contributed by atoms with Gasteiger partial charge in [-0.25, -0.2) is 0 Å². The maximum absolute atomic E-state index is 10.8. The van der Waals surface area contributed by atoms with E-state index in [1.807, 2.05) is 32.0 Å². The van der Waals surface area contributed by atoms with Gasteiger partial charge < -0.3 is 14.9 Å². The molecule has 0 fully saturated rings. The standard InChI is InChI=1S/C14H14N2O3/c1-10-5-3-6-11(2)12(10)9-19-13-7-4-8-15-14(13)16(17)18/h3-8H,9H2,1-2H3. The topological polar surface area (TPSA) is 65.3 Å². The Morgan fingerprint density at radius 3 is 2.53 bits per heavy atom. The molecule has 1 heterocycles. The fourth-order valence-electron chi connectivity index (χ4n) is 1.86. The van der Waals surface area contributed by atoms with Crippen molar-refractivity contribution in [3.63, 3.8) is 0 Å². The van der Waals surface area contributed by atoms with Crippen LogP contribution >= 0.6 is 0 Å². The zero-order valence-electron chi connectivity index (χ0n) is 10.8.